The van der Waals surface area contributed by atoms with Crippen molar-refractivity contribution in [1.29, 1.82) is 0 Å². The number of hydrogen-bond acceptors (Lipinski definition) is 3. The first-order chi connectivity index (χ1) is 12.2. The largest absolute Gasteiger partial charge is 0.484 e. The highest BCUT2D eigenvalue weighted by Crippen LogP contribution is 2.27. The molecule has 0 bridgehead atoms. The number of fused-ring (bicyclic) bond motifs is 1. The van der Waals surface area contributed by atoms with E-state index in [1.54, 1.807) is 6.07 Å². The number of halogens is 1. The van der Waals surface area contributed by atoms with Gasteiger partial charge in [0.1, 0.15) is 12.3 Å². The first kappa shape index (κ1) is 15.8. The molecule has 0 radical (unpaired) electrons. The van der Waals surface area contributed by atoms with Gasteiger partial charge in [-0.15, -0.1) is 0 Å². The van der Waals surface area contributed by atoms with Gasteiger partial charge in [-0.2, -0.15) is 5.10 Å². The van der Waals surface area contributed by atoms with Gasteiger partial charge in [-0.3, -0.25) is 4.68 Å². The molecule has 1 aliphatic rings. The monoisotopic (exact) mass is 337 g/mol. The van der Waals surface area contributed by atoms with Crippen LogP contribution in [-0.2, 0) is 13.7 Å². The van der Waals surface area contributed by atoms with Crippen molar-refractivity contribution < 1.29 is 9.13 Å². The van der Waals surface area contributed by atoms with Gasteiger partial charge < -0.3 is 10.1 Å². The molecule has 1 aliphatic heterocycles. The highest BCUT2D eigenvalue weighted by Gasteiger charge is 2.13. The molecular formula is C20H20FN3O. The molecule has 0 spiro atoms. The second-order valence-electron chi connectivity index (χ2n) is 6.20. The average Bonchev–Trinajstić information content (AvgIpc) is 2.98. The van der Waals surface area contributed by atoms with Crippen LogP contribution >= 0.6 is 0 Å². The fourth-order valence-corrected chi connectivity index (χ4v) is 3.24. The lowest BCUT2D eigenvalue weighted by atomic mass is 10.00. The van der Waals surface area contributed by atoms with Crippen LogP contribution in [0.3, 0.4) is 0 Å². The van der Waals surface area contributed by atoms with Crippen LogP contribution in [0.2, 0.25) is 0 Å². The van der Waals surface area contributed by atoms with Crippen molar-refractivity contribution in [3.8, 4) is 5.75 Å². The number of para-hydroxylation sites is 1. The first-order valence-electron chi connectivity index (χ1n) is 8.45. The van der Waals surface area contributed by atoms with Crippen molar-refractivity contribution in [2.45, 2.75) is 13.0 Å². The van der Waals surface area contributed by atoms with Gasteiger partial charge in [0.25, 0.3) is 0 Å². The Morgan fingerprint density at radius 1 is 1.24 bits per heavy atom. The number of ether oxygens (including phenoxy) is 1. The Kier molecular flexibility index (Phi) is 4.24. The van der Waals surface area contributed by atoms with E-state index in [1.165, 1.54) is 11.6 Å². The maximum Gasteiger partial charge on any atom is 0.165 e. The van der Waals surface area contributed by atoms with E-state index in [0.717, 1.165) is 41.7 Å². The van der Waals surface area contributed by atoms with Crippen molar-refractivity contribution in [2.24, 2.45) is 7.05 Å². The van der Waals surface area contributed by atoms with E-state index < -0.39 is 0 Å². The third-order valence-corrected chi connectivity index (χ3v) is 4.56. The van der Waals surface area contributed by atoms with Crippen LogP contribution < -0.4 is 10.1 Å². The molecule has 0 atom stereocenters. The average molecular weight is 337 g/mol. The lowest BCUT2D eigenvalue weighted by Crippen LogP contribution is -2.20. The Bertz CT molecular complexity index is 945. The molecule has 0 saturated heterocycles. The van der Waals surface area contributed by atoms with E-state index >= 15 is 0 Å². The zero-order valence-corrected chi connectivity index (χ0v) is 14.1. The summed E-state index contributed by atoms with van der Waals surface area (Å²) in [6, 6.07) is 13.0. The second kappa shape index (κ2) is 6.69. The van der Waals surface area contributed by atoms with Gasteiger partial charge in [0.2, 0.25) is 0 Å². The molecule has 4 rings (SSSR count). The minimum absolute atomic E-state index is 0.238. The van der Waals surface area contributed by atoms with Gasteiger partial charge in [0, 0.05) is 19.0 Å². The predicted octanol–water partition coefficient (Wildman–Crippen LogP) is 3.67. The summed E-state index contributed by atoms with van der Waals surface area (Å²) in [5, 5.41) is 8.81. The minimum atomic E-state index is -0.349. The van der Waals surface area contributed by atoms with E-state index in [-0.39, 0.29) is 18.2 Å². The van der Waals surface area contributed by atoms with Gasteiger partial charge in [-0.05, 0) is 42.3 Å². The number of aryl methyl sites for hydroxylation is 1. The van der Waals surface area contributed by atoms with Gasteiger partial charge >= 0.3 is 0 Å². The molecule has 2 heterocycles. The molecule has 0 fully saturated rings. The molecule has 25 heavy (non-hydrogen) atoms. The quantitative estimate of drug-likeness (QED) is 0.789. The van der Waals surface area contributed by atoms with E-state index in [4.69, 9.17) is 4.74 Å². The van der Waals surface area contributed by atoms with Crippen molar-refractivity contribution in [2.75, 3.05) is 13.1 Å². The maximum absolute atomic E-state index is 14.2. The normalized spacial score (nSPS) is 14.6. The van der Waals surface area contributed by atoms with Crippen LogP contribution in [0.15, 0.2) is 48.5 Å². The Morgan fingerprint density at radius 2 is 2.12 bits per heavy atom. The summed E-state index contributed by atoms with van der Waals surface area (Å²) < 4.78 is 21.8. The fraction of sp³-hybridized carbons (Fsp3) is 0.250. The summed E-state index contributed by atoms with van der Waals surface area (Å²) in [6.45, 7) is 2.03. The number of rotatable bonds is 4. The first-order valence-corrected chi connectivity index (χ1v) is 8.45. The lowest BCUT2D eigenvalue weighted by Gasteiger charge is -2.15. The zero-order valence-electron chi connectivity index (χ0n) is 14.1. The third-order valence-electron chi connectivity index (χ3n) is 4.56. The molecule has 128 valence electrons. The summed E-state index contributed by atoms with van der Waals surface area (Å²) in [5.41, 5.74) is 4.09. The zero-order chi connectivity index (χ0) is 17.2. The van der Waals surface area contributed by atoms with Crippen LogP contribution in [0.25, 0.3) is 16.5 Å². The van der Waals surface area contributed by atoms with Gasteiger partial charge in [0.05, 0.1) is 5.52 Å². The number of hydrogen-bond donors (Lipinski definition) is 1. The molecule has 1 N–H and O–H groups in total. The van der Waals surface area contributed by atoms with Crippen molar-refractivity contribution in [1.82, 2.24) is 15.1 Å². The van der Waals surface area contributed by atoms with E-state index in [1.807, 2.05) is 42.1 Å². The third kappa shape index (κ3) is 3.15. The van der Waals surface area contributed by atoms with Gasteiger partial charge in [0.15, 0.2) is 11.6 Å². The van der Waals surface area contributed by atoms with Crippen molar-refractivity contribution in [3.05, 3.63) is 65.6 Å². The van der Waals surface area contributed by atoms with Crippen molar-refractivity contribution >= 4 is 16.5 Å². The highest BCUT2D eigenvalue weighted by molar-refractivity contribution is 5.81. The van der Waals surface area contributed by atoms with E-state index in [9.17, 15) is 4.39 Å². The number of benzene rings is 2. The molecular weight excluding hydrogens is 317 g/mol. The summed E-state index contributed by atoms with van der Waals surface area (Å²) in [7, 11) is 1.90. The number of aromatic nitrogens is 2. The summed E-state index contributed by atoms with van der Waals surface area (Å²) >= 11 is 0. The summed E-state index contributed by atoms with van der Waals surface area (Å²) in [5.74, 6) is -0.0785. The van der Waals surface area contributed by atoms with Crippen LogP contribution in [-0.4, -0.2) is 22.9 Å². The second-order valence-corrected chi connectivity index (χ2v) is 6.20. The van der Waals surface area contributed by atoms with Crippen LogP contribution in [0, 0.1) is 5.82 Å². The van der Waals surface area contributed by atoms with Gasteiger partial charge in [-0.1, -0.05) is 30.3 Å². The molecule has 2 aromatic carbocycles. The maximum atomic E-state index is 14.2. The van der Waals surface area contributed by atoms with Gasteiger partial charge in [-0.25, -0.2) is 4.39 Å². The Morgan fingerprint density at radius 3 is 2.96 bits per heavy atom. The van der Waals surface area contributed by atoms with E-state index in [2.05, 4.69) is 16.5 Å². The number of nitrogens with one attached hydrogen (secondary N) is 1. The predicted molar refractivity (Wildman–Crippen MR) is 96.9 cm³/mol. The molecule has 0 amide bonds. The molecule has 0 saturated carbocycles. The molecule has 3 aromatic rings. The van der Waals surface area contributed by atoms with Crippen LogP contribution in [0.4, 0.5) is 4.39 Å². The highest BCUT2D eigenvalue weighted by atomic mass is 19.1. The standard InChI is InChI=1S/C20H20FN3O/c1-24-19-5-3-2-4-16(19)18(23-24)13-25-20-12-15(6-7-17(20)21)14-8-10-22-11-9-14/h2-8,12,22H,9-11,13H2,1H3. The van der Waals surface area contributed by atoms with Crippen LogP contribution in [0.1, 0.15) is 17.7 Å². The summed E-state index contributed by atoms with van der Waals surface area (Å²) in [4.78, 5) is 0. The topological polar surface area (TPSA) is 39.1 Å². The van der Waals surface area contributed by atoms with E-state index in [0.29, 0.717) is 0 Å². The van der Waals surface area contributed by atoms with Crippen molar-refractivity contribution in [3.63, 3.8) is 0 Å². The summed E-state index contributed by atoms with van der Waals surface area (Å²) in [6.07, 6.45) is 3.09. The molecule has 0 unspecified atom stereocenters. The Hall–Kier alpha value is -2.66. The smallest absolute Gasteiger partial charge is 0.165 e. The Labute approximate surface area is 145 Å². The lowest BCUT2D eigenvalue weighted by molar-refractivity contribution is 0.286. The minimum Gasteiger partial charge on any atom is -0.484 e. The SMILES string of the molecule is Cn1nc(COc2cc(C3=CCNCC3)ccc2F)c2ccccc21. The molecule has 5 heteroatoms. The molecule has 1 aromatic heterocycles. The fourth-order valence-electron chi connectivity index (χ4n) is 3.24. The van der Waals surface area contributed by atoms with Crippen LogP contribution in [0.5, 0.6) is 5.75 Å². The Balaban J connectivity index is 1.59. The number of nitrogens with zero attached hydrogens (tertiary/aromatic N) is 2. The molecule has 4 nitrogen and oxygen atoms in total. The molecule has 0 aliphatic carbocycles.